The van der Waals surface area contributed by atoms with Crippen molar-refractivity contribution in [3.63, 3.8) is 0 Å². The van der Waals surface area contributed by atoms with Crippen LogP contribution in [-0.4, -0.2) is 44.1 Å². The molecular weight excluding hydrogens is 216 g/mol. The van der Waals surface area contributed by atoms with Gasteiger partial charge in [0.25, 0.3) is 10.2 Å². The average molecular weight is 238 g/mol. The first-order chi connectivity index (χ1) is 6.94. The van der Waals surface area contributed by atoms with Crippen molar-refractivity contribution in [2.24, 2.45) is 5.92 Å². The zero-order chi connectivity index (χ0) is 11.9. The van der Waals surface area contributed by atoms with Crippen LogP contribution in [0.15, 0.2) is 0 Å². The van der Waals surface area contributed by atoms with E-state index < -0.39 is 10.2 Å². The van der Waals surface area contributed by atoms with Crippen molar-refractivity contribution < 1.29 is 13.5 Å². The van der Waals surface area contributed by atoms with Crippen molar-refractivity contribution >= 4 is 10.2 Å². The number of aliphatic hydroxyl groups excluding tert-OH is 1. The normalized spacial score (nSPS) is 12.7. The van der Waals surface area contributed by atoms with E-state index in [-0.39, 0.29) is 12.5 Å². The minimum absolute atomic E-state index is 0.0101. The Balaban J connectivity index is 4.25. The van der Waals surface area contributed by atoms with Gasteiger partial charge in [-0.2, -0.15) is 12.7 Å². The van der Waals surface area contributed by atoms with Gasteiger partial charge in [-0.25, -0.2) is 4.72 Å². The van der Waals surface area contributed by atoms with Crippen molar-refractivity contribution in [2.45, 2.75) is 27.2 Å². The number of hydrogen-bond acceptors (Lipinski definition) is 3. The zero-order valence-corrected chi connectivity index (χ0v) is 10.5. The Bertz CT molecular complexity index is 252. The summed E-state index contributed by atoms with van der Waals surface area (Å²) < 4.78 is 27.3. The highest BCUT2D eigenvalue weighted by Crippen LogP contribution is 2.00. The van der Waals surface area contributed by atoms with E-state index in [4.69, 9.17) is 5.11 Å². The van der Waals surface area contributed by atoms with Crippen LogP contribution in [0.1, 0.15) is 27.2 Å². The van der Waals surface area contributed by atoms with Gasteiger partial charge in [0, 0.05) is 26.2 Å². The summed E-state index contributed by atoms with van der Waals surface area (Å²) in [6, 6.07) is 0. The summed E-state index contributed by atoms with van der Waals surface area (Å²) in [4.78, 5) is 0. The van der Waals surface area contributed by atoms with Crippen LogP contribution >= 0.6 is 0 Å². The van der Waals surface area contributed by atoms with Crippen LogP contribution in [0.5, 0.6) is 0 Å². The molecule has 0 rings (SSSR count). The lowest BCUT2D eigenvalue weighted by Crippen LogP contribution is -2.42. The fourth-order valence-corrected chi connectivity index (χ4v) is 2.49. The number of rotatable bonds is 8. The van der Waals surface area contributed by atoms with Gasteiger partial charge in [0.15, 0.2) is 0 Å². The molecule has 0 unspecified atom stereocenters. The smallest absolute Gasteiger partial charge is 0.279 e. The van der Waals surface area contributed by atoms with Gasteiger partial charge in [0.05, 0.1) is 0 Å². The molecule has 0 heterocycles. The maximum Gasteiger partial charge on any atom is 0.279 e. The summed E-state index contributed by atoms with van der Waals surface area (Å²) in [6.07, 6.45) is 0.469. The second kappa shape index (κ2) is 7.16. The Kier molecular flexibility index (Phi) is 7.08. The Hall–Kier alpha value is -0.170. The van der Waals surface area contributed by atoms with E-state index in [1.165, 1.54) is 4.31 Å². The Morgan fingerprint density at radius 1 is 1.40 bits per heavy atom. The summed E-state index contributed by atoms with van der Waals surface area (Å²) >= 11 is 0. The van der Waals surface area contributed by atoms with Crippen LogP contribution in [0.4, 0.5) is 0 Å². The lowest BCUT2D eigenvalue weighted by Gasteiger charge is -2.21. The standard InChI is InChI=1S/C9H22N2O3S/c1-4-11(6-5-7-12)15(13,14)10-8-9(2)3/h9-10,12H,4-8H2,1-3H3. The number of hydrogen-bond donors (Lipinski definition) is 2. The molecule has 0 spiro atoms. The van der Waals surface area contributed by atoms with E-state index >= 15 is 0 Å². The van der Waals surface area contributed by atoms with Gasteiger partial charge < -0.3 is 5.11 Å². The molecule has 6 heteroatoms. The van der Waals surface area contributed by atoms with E-state index in [9.17, 15) is 8.42 Å². The van der Waals surface area contributed by atoms with Crippen LogP contribution in [0, 0.1) is 5.92 Å². The second-order valence-corrected chi connectivity index (χ2v) is 5.57. The summed E-state index contributed by atoms with van der Waals surface area (Å²) in [7, 11) is -3.37. The molecule has 0 atom stereocenters. The SMILES string of the molecule is CCN(CCCO)S(=O)(=O)NCC(C)C. The van der Waals surface area contributed by atoms with Gasteiger partial charge in [0.1, 0.15) is 0 Å². The molecule has 0 aliphatic carbocycles. The molecule has 0 bridgehead atoms. The molecule has 15 heavy (non-hydrogen) atoms. The predicted octanol–water partition coefficient (Wildman–Crippen LogP) is 0.181. The minimum atomic E-state index is -3.37. The van der Waals surface area contributed by atoms with Gasteiger partial charge in [0.2, 0.25) is 0 Å². The monoisotopic (exact) mass is 238 g/mol. The Labute approximate surface area is 92.7 Å². The highest BCUT2D eigenvalue weighted by atomic mass is 32.2. The molecule has 0 fully saturated rings. The second-order valence-electron chi connectivity index (χ2n) is 3.82. The molecular formula is C9H22N2O3S. The number of nitrogens with zero attached hydrogens (tertiary/aromatic N) is 1. The quantitative estimate of drug-likeness (QED) is 0.634. The molecule has 0 amide bonds. The summed E-state index contributed by atoms with van der Waals surface area (Å²) in [5.41, 5.74) is 0. The van der Waals surface area contributed by atoms with Gasteiger partial charge in [-0.05, 0) is 12.3 Å². The molecule has 0 aliphatic rings. The van der Waals surface area contributed by atoms with Crippen LogP contribution in [0.25, 0.3) is 0 Å². The highest BCUT2D eigenvalue weighted by molar-refractivity contribution is 7.87. The molecule has 0 saturated carbocycles. The van der Waals surface area contributed by atoms with Crippen LogP contribution in [-0.2, 0) is 10.2 Å². The van der Waals surface area contributed by atoms with Gasteiger partial charge in [-0.3, -0.25) is 0 Å². The Morgan fingerprint density at radius 2 is 2.00 bits per heavy atom. The lowest BCUT2D eigenvalue weighted by atomic mass is 10.2. The van der Waals surface area contributed by atoms with Crippen LogP contribution in [0.3, 0.4) is 0 Å². The third-order valence-corrected chi connectivity index (χ3v) is 3.58. The molecule has 2 N–H and O–H groups in total. The molecule has 0 aliphatic heterocycles. The van der Waals surface area contributed by atoms with E-state index in [2.05, 4.69) is 4.72 Å². The van der Waals surface area contributed by atoms with Crippen molar-refractivity contribution in [1.29, 1.82) is 0 Å². The summed E-state index contributed by atoms with van der Waals surface area (Å²) in [5, 5.41) is 8.65. The fraction of sp³-hybridized carbons (Fsp3) is 1.00. The molecule has 0 aromatic carbocycles. The first kappa shape index (κ1) is 14.8. The van der Waals surface area contributed by atoms with Crippen LogP contribution in [0.2, 0.25) is 0 Å². The maximum absolute atomic E-state index is 11.7. The molecule has 92 valence electrons. The average Bonchev–Trinajstić information content (AvgIpc) is 2.16. The lowest BCUT2D eigenvalue weighted by molar-refractivity contribution is 0.270. The van der Waals surface area contributed by atoms with Gasteiger partial charge in [-0.15, -0.1) is 0 Å². The number of aliphatic hydroxyl groups is 1. The third kappa shape index (κ3) is 6.09. The first-order valence-corrected chi connectivity index (χ1v) is 6.73. The maximum atomic E-state index is 11.7. The van der Waals surface area contributed by atoms with E-state index in [0.717, 1.165) is 0 Å². The van der Waals surface area contributed by atoms with Crippen molar-refractivity contribution in [1.82, 2.24) is 9.03 Å². The third-order valence-electron chi connectivity index (χ3n) is 1.93. The molecule has 0 aromatic heterocycles. The van der Waals surface area contributed by atoms with E-state index in [1.54, 1.807) is 6.92 Å². The first-order valence-electron chi connectivity index (χ1n) is 5.29. The fourth-order valence-electron chi connectivity index (χ4n) is 1.06. The topological polar surface area (TPSA) is 69.6 Å². The summed E-state index contributed by atoms with van der Waals surface area (Å²) in [6.45, 7) is 6.92. The molecule has 0 saturated heterocycles. The van der Waals surface area contributed by atoms with Crippen molar-refractivity contribution in [3.8, 4) is 0 Å². The highest BCUT2D eigenvalue weighted by Gasteiger charge is 2.19. The Morgan fingerprint density at radius 3 is 2.40 bits per heavy atom. The predicted molar refractivity (Wildman–Crippen MR) is 60.7 cm³/mol. The molecule has 0 aromatic rings. The van der Waals surface area contributed by atoms with Crippen LogP contribution < -0.4 is 4.72 Å². The van der Waals surface area contributed by atoms with E-state index in [1.807, 2.05) is 13.8 Å². The number of nitrogens with one attached hydrogen (secondary N) is 1. The van der Waals surface area contributed by atoms with Crippen molar-refractivity contribution in [3.05, 3.63) is 0 Å². The minimum Gasteiger partial charge on any atom is -0.396 e. The van der Waals surface area contributed by atoms with Crippen molar-refractivity contribution in [2.75, 3.05) is 26.2 Å². The summed E-state index contributed by atoms with van der Waals surface area (Å²) in [5.74, 6) is 0.288. The van der Waals surface area contributed by atoms with E-state index in [0.29, 0.717) is 26.1 Å². The largest absolute Gasteiger partial charge is 0.396 e. The van der Waals surface area contributed by atoms with Gasteiger partial charge in [-0.1, -0.05) is 20.8 Å². The molecule has 5 nitrogen and oxygen atoms in total. The van der Waals surface area contributed by atoms with Gasteiger partial charge >= 0.3 is 0 Å². The molecule has 0 radical (unpaired) electrons. The zero-order valence-electron chi connectivity index (χ0n) is 9.73.